The maximum absolute atomic E-state index is 10.7. The minimum absolute atomic E-state index is 0.0635. The molecule has 0 fully saturated rings. The van der Waals surface area contributed by atoms with Crippen LogP contribution >= 0.6 is 11.8 Å². The van der Waals surface area contributed by atoms with E-state index < -0.39 is 16.6 Å². The van der Waals surface area contributed by atoms with Crippen LogP contribution in [-0.4, -0.2) is 26.7 Å². The van der Waals surface area contributed by atoms with E-state index in [0.717, 1.165) is 0 Å². The third kappa shape index (κ3) is 2.68. The van der Waals surface area contributed by atoms with E-state index in [0.29, 0.717) is 11.8 Å². The average Bonchev–Trinajstić information content (AvgIpc) is 2.25. The smallest absolute Gasteiger partial charge is 0.318 e. The van der Waals surface area contributed by atoms with Gasteiger partial charge in [0.15, 0.2) is 5.03 Å². The number of carboxylic acids is 1. The van der Waals surface area contributed by atoms with Crippen LogP contribution in [0.2, 0.25) is 0 Å². The molecule has 1 N–H and O–H groups in total. The lowest BCUT2D eigenvalue weighted by molar-refractivity contribution is -0.388. The topological polar surface area (TPSA) is 117 Å². The van der Waals surface area contributed by atoms with Gasteiger partial charge in [-0.1, -0.05) is 11.8 Å². The standard InChI is InChI=1S/C8H5N3O4S/c9-3-5-1-2-10-8(7(5)11(14)15)16-4-6(12)13/h1-2H,4H2,(H,12,13). The summed E-state index contributed by atoms with van der Waals surface area (Å²) in [7, 11) is 0. The van der Waals surface area contributed by atoms with Crippen LogP contribution in [0.15, 0.2) is 17.3 Å². The molecule has 0 saturated heterocycles. The molecule has 8 heteroatoms. The highest BCUT2D eigenvalue weighted by molar-refractivity contribution is 8.00. The highest BCUT2D eigenvalue weighted by atomic mass is 32.2. The Balaban J connectivity index is 3.13. The van der Waals surface area contributed by atoms with Gasteiger partial charge in [-0.15, -0.1) is 0 Å². The Kier molecular flexibility index (Phi) is 3.79. The number of carboxylic acid groups (broad SMARTS) is 1. The first-order valence-corrected chi connectivity index (χ1v) is 4.93. The summed E-state index contributed by atoms with van der Waals surface area (Å²) < 4.78 is 0. The van der Waals surface area contributed by atoms with Gasteiger partial charge in [0.2, 0.25) is 0 Å². The van der Waals surface area contributed by atoms with Gasteiger partial charge >= 0.3 is 11.7 Å². The van der Waals surface area contributed by atoms with Crippen molar-refractivity contribution in [3.8, 4) is 6.07 Å². The zero-order valence-corrected chi connectivity index (χ0v) is 8.60. The molecule has 0 aliphatic rings. The van der Waals surface area contributed by atoms with E-state index in [4.69, 9.17) is 10.4 Å². The number of rotatable bonds is 4. The van der Waals surface area contributed by atoms with Crippen molar-refractivity contribution < 1.29 is 14.8 Å². The first-order chi connectivity index (χ1) is 7.56. The first kappa shape index (κ1) is 11.9. The number of aromatic nitrogens is 1. The number of carbonyl (C=O) groups is 1. The van der Waals surface area contributed by atoms with E-state index in [1.165, 1.54) is 12.3 Å². The van der Waals surface area contributed by atoms with Crippen molar-refractivity contribution in [1.82, 2.24) is 4.98 Å². The molecule has 1 heterocycles. The molecule has 1 aromatic rings. The van der Waals surface area contributed by atoms with Gasteiger partial charge in [-0.05, 0) is 6.07 Å². The number of pyridine rings is 1. The fraction of sp³-hybridized carbons (Fsp3) is 0.125. The molecule has 0 amide bonds. The van der Waals surface area contributed by atoms with E-state index in [-0.39, 0.29) is 16.3 Å². The Bertz CT molecular complexity index is 483. The summed E-state index contributed by atoms with van der Waals surface area (Å²) >= 11 is 0.710. The number of thioether (sulfide) groups is 1. The maximum atomic E-state index is 10.7. The van der Waals surface area contributed by atoms with Crippen molar-refractivity contribution >= 4 is 23.4 Å². The van der Waals surface area contributed by atoms with Gasteiger partial charge in [-0.2, -0.15) is 5.26 Å². The lowest BCUT2D eigenvalue weighted by atomic mass is 10.2. The minimum atomic E-state index is -1.11. The largest absolute Gasteiger partial charge is 0.481 e. The second kappa shape index (κ2) is 5.09. The third-order valence-electron chi connectivity index (χ3n) is 1.53. The zero-order chi connectivity index (χ0) is 12.1. The van der Waals surface area contributed by atoms with Crippen LogP contribution < -0.4 is 0 Å². The number of nitriles is 1. The zero-order valence-electron chi connectivity index (χ0n) is 7.78. The molecule has 0 bridgehead atoms. The van der Waals surface area contributed by atoms with Gasteiger partial charge in [0.05, 0.1) is 10.7 Å². The van der Waals surface area contributed by atoms with E-state index in [1.807, 2.05) is 0 Å². The highest BCUT2D eigenvalue weighted by Crippen LogP contribution is 2.29. The maximum Gasteiger partial charge on any atom is 0.318 e. The number of hydrogen-bond donors (Lipinski definition) is 1. The summed E-state index contributed by atoms with van der Waals surface area (Å²) in [5.74, 6) is -1.45. The predicted molar refractivity (Wildman–Crippen MR) is 54.0 cm³/mol. The molecule has 0 saturated carbocycles. The Hall–Kier alpha value is -2.14. The van der Waals surface area contributed by atoms with Crippen LogP contribution in [-0.2, 0) is 4.79 Å². The van der Waals surface area contributed by atoms with Crippen LogP contribution in [0, 0.1) is 21.4 Å². The van der Waals surface area contributed by atoms with Crippen molar-refractivity contribution in [3.63, 3.8) is 0 Å². The monoisotopic (exact) mass is 239 g/mol. The highest BCUT2D eigenvalue weighted by Gasteiger charge is 2.21. The summed E-state index contributed by atoms with van der Waals surface area (Å²) in [4.78, 5) is 24.0. The molecule has 0 spiro atoms. The lowest BCUT2D eigenvalue weighted by Crippen LogP contribution is -2.01. The normalized spacial score (nSPS) is 9.44. The van der Waals surface area contributed by atoms with Crippen molar-refractivity contribution in [2.45, 2.75) is 5.03 Å². The Labute approximate surface area is 93.9 Å². The number of nitrogens with zero attached hydrogens (tertiary/aromatic N) is 3. The second-order valence-electron chi connectivity index (χ2n) is 2.56. The minimum Gasteiger partial charge on any atom is -0.481 e. The molecule has 16 heavy (non-hydrogen) atoms. The van der Waals surface area contributed by atoms with Gasteiger partial charge in [0.25, 0.3) is 0 Å². The summed E-state index contributed by atoms with van der Waals surface area (Å²) in [6.45, 7) is 0. The van der Waals surface area contributed by atoms with Crippen molar-refractivity contribution in [1.29, 1.82) is 5.26 Å². The number of nitro groups is 1. The van der Waals surface area contributed by atoms with Crippen LogP contribution in [0.1, 0.15) is 5.56 Å². The molecule has 82 valence electrons. The van der Waals surface area contributed by atoms with E-state index >= 15 is 0 Å². The van der Waals surface area contributed by atoms with E-state index in [1.54, 1.807) is 6.07 Å². The van der Waals surface area contributed by atoms with Crippen molar-refractivity contribution in [2.24, 2.45) is 0 Å². The summed E-state index contributed by atoms with van der Waals surface area (Å²) in [6, 6.07) is 2.87. The quantitative estimate of drug-likeness (QED) is 0.473. The van der Waals surface area contributed by atoms with Crippen LogP contribution in [0.4, 0.5) is 5.69 Å². The number of aliphatic carboxylic acids is 1. The summed E-state index contributed by atoms with van der Waals surface area (Å²) in [5, 5.41) is 27.7. The molecular weight excluding hydrogens is 234 g/mol. The average molecular weight is 239 g/mol. The predicted octanol–water partition coefficient (Wildman–Crippen LogP) is 1.04. The molecule has 0 atom stereocenters. The van der Waals surface area contributed by atoms with Crippen LogP contribution in [0.5, 0.6) is 0 Å². The van der Waals surface area contributed by atoms with Crippen molar-refractivity contribution in [2.75, 3.05) is 5.75 Å². The molecule has 1 rings (SSSR count). The Morgan fingerprint density at radius 3 is 2.94 bits per heavy atom. The fourth-order valence-corrected chi connectivity index (χ4v) is 1.65. The Morgan fingerprint density at radius 1 is 1.75 bits per heavy atom. The van der Waals surface area contributed by atoms with E-state index in [9.17, 15) is 14.9 Å². The molecule has 7 nitrogen and oxygen atoms in total. The lowest BCUT2D eigenvalue weighted by Gasteiger charge is -2.00. The van der Waals surface area contributed by atoms with Gasteiger partial charge in [0, 0.05) is 6.20 Å². The number of hydrogen-bond acceptors (Lipinski definition) is 6. The van der Waals surface area contributed by atoms with Gasteiger partial charge < -0.3 is 5.11 Å². The summed E-state index contributed by atoms with van der Waals surface area (Å²) in [6.07, 6.45) is 1.23. The fourth-order valence-electron chi connectivity index (χ4n) is 0.937. The van der Waals surface area contributed by atoms with E-state index in [2.05, 4.69) is 4.98 Å². The van der Waals surface area contributed by atoms with Crippen LogP contribution in [0.25, 0.3) is 0 Å². The third-order valence-corrected chi connectivity index (χ3v) is 2.49. The molecule has 0 radical (unpaired) electrons. The molecular formula is C8H5N3O4S. The van der Waals surface area contributed by atoms with Gasteiger partial charge in [-0.3, -0.25) is 14.9 Å². The summed E-state index contributed by atoms with van der Waals surface area (Å²) in [5.41, 5.74) is -0.580. The SMILES string of the molecule is N#Cc1ccnc(SCC(=O)O)c1[N+](=O)[O-]. The van der Waals surface area contributed by atoms with Crippen LogP contribution in [0.3, 0.4) is 0 Å². The first-order valence-electron chi connectivity index (χ1n) is 3.94. The second-order valence-corrected chi connectivity index (χ2v) is 3.53. The van der Waals surface area contributed by atoms with Gasteiger partial charge in [0.1, 0.15) is 11.6 Å². The molecule has 0 unspecified atom stereocenters. The van der Waals surface area contributed by atoms with Crippen molar-refractivity contribution in [3.05, 3.63) is 27.9 Å². The molecule has 0 aliphatic heterocycles. The molecule has 0 aliphatic carbocycles. The molecule has 1 aromatic heterocycles. The Morgan fingerprint density at radius 2 is 2.44 bits per heavy atom. The van der Waals surface area contributed by atoms with Gasteiger partial charge in [-0.25, -0.2) is 4.98 Å². The molecule has 0 aromatic carbocycles.